The van der Waals surface area contributed by atoms with Gasteiger partial charge >= 0.3 is 0 Å². The Morgan fingerprint density at radius 3 is 1.40 bits per heavy atom. The van der Waals surface area contributed by atoms with Gasteiger partial charge in [0.25, 0.3) is 0 Å². The minimum atomic E-state index is -1.71. The van der Waals surface area contributed by atoms with Crippen LogP contribution in [0.15, 0.2) is 12.2 Å². The topological polar surface area (TPSA) is 325 Å². The molecule has 11 amide bonds. The second-order valence-corrected chi connectivity index (χ2v) is 27.9. The van der Waals surface area contributed by atoms with Gasteiger partial charge in [0.2, 0.25) is 65.0 Å². The molecule has 13 atom stereocenters. The van der Waals surface area contributed by atoms with Crippen molar-refractivity contribution in [2.45, 2.75) is 241 Å². The number of allylic oxidation sites excluding steroid dienone is 2. The summed E-state index contributed by atoms with van der Waals surface area (Å²) in [5, 5.41) is 34.3. The molecule has 26 nitrogen and oxygen atoms in total. The third-order valence-electron chi connectivity index (χ3n) is 17.0. The van der Waals surface area contributed by atoms with Gasteiger partial charge in [0.1, 0.15) is 73.1 Å². The number of hydrogen-bond donors (Lipinski definition) is 6. The quantitative estimate of drug-likeness (QED) is 0.101. The van der Waals surface area contributed by atoms with Crippen molar-refractivity contribution in [1.82, 2.24) is 55.6 Å². The molecule has 1 aliphatic rings. The maximum atomic E-state index is 15.3. The van der Waals surface area contributed by atoms with E-state index < -0.39 is 186 Å². The van der Waals surface area contributed by atoms with E-state index in [4.69, 9.17) is 4.74 Å². The van der Waals surface area contributed by atoms with Crippen LogP contribution in [0.4, 0.5) is 0 Å². The fourth-order valence-corrected chi connectivity index (χ4v) is 11.3. The normalized spacial score (nSPS) is 26.7. The molecule has 1 fully saturated rings. The van der Waals surface area contributed by atoms with E-state index in [1.165, 1.54) is 98.7 Å². The van der Waals surface area contributed by atoms with Crippen LogP contribution in [-0.4, -0.2) is 256 Å². The van der Waals surface area contributed by atoms with Gasteiger partial charge in [-0.25, -0.2) is 0 Å². The molecule has 526 valence electrons. The van der Waals surface area contributed by atoms with Crippen molar-refractivity contribution < 1.29 is 72.5 Å². The van der Waals surface area contributed by atoms with E-state index in [1.54, 1.807) is 60.6 Å². The van der Waals surface area contributed by atoms with E-state index in [9.17, 15) is 43.8 Å². The van der Waals surface area contributed by atoms with Crippen molar-refractivity contribution >= 4 is 70.8 Å². The number of nitrogens with one attached hydrogen (secondary N) is 4. The van der Waals surface area contributed by atoms with E-state index in [0.717, 1.165) is 19.6 Å². The Bertz CT molecular complexity index is 2570. The minimum Gasteiger partial charge on any atom is -0.390 e. The highest BCUT2D eigenvalue weighted by molar-refractivity contribution is 6.00. The molecule has 1 aliphatic heterocycles. The number of Topliss-reactive ketones (excluding diaryl/α,β-unsaturated/α-hetero) is 1. The predicted molar refractivity (Wildman–Crippen MR) is 350 cm³/mol. The number of likely N-dealkylation sites (N-methyl/N-ethyl adjacent to an activating group) is 7. The maximum Gasteiger partial charge on any atom is 0.248 e. The predicted octanol–water partition coefficient (Wildman–Crippen LogP) is 2.36. The zero-order valence-electron chi connectivity index (χ0n) is 60.0. The number of carbonyl (C=O) groups excluding carboxylic acids is 12. The van der Waals surface area contributed by atoms with Gasteiger partial charge in [-0.3, -0.25) is 57.5 Å². The molecule has 26 heteroatoms. The maximum absolute atomic E-state index is 15.3. The summed E-state index contributed by atoms with van der Waals surface area (Å²) in [7, 11) is 9.46. The van der Waals surface area contributed by atoms with Gasteiger partial charge in [-0.2, -0.15) is 0 Å². The average molecular weight is 1300 g/mol. The van der Waals surface area contributed by atoms with Crippen molar-refractivity contribution in [3.05, 3.63) is 12.2 Å². The summed E-state index contributed by atoms with van der Waals surface area (Å²) in [5.74, 6) is -11.6. The van der Waals surface area contributed by atoms with E-state index in [0.29, 0.717) is 0 Å². The molecule has 0 saturated carbocycles. The van der Waals surface area contributed by atoms with Gasteiger partial charge in [-0.1, -0.05) is 95.2 Å². The fraction of sp³-hybridized carbons (Fsp3) is 0.788. The van der Waals surface area contributed by atoms with Crippen LogP contribution >= 0.6 is 0 Å². The summed E-state index contributed by atoms with van der Waals surface area (Å²) in [4.78, 5) is 183. The minimum absolute atomic E-state index is 0.0903. The fourth-order valence-electron chi connectivity index (χ4n) is 11.3. The standard InChI is InChI=1S/C66H117N11O15/c1-26-28-29-41(13)54(79)53-58(83)69-45(27-2)60(85)75(23)50(35-92-34-42(14)78)63(88)74(22)49(33-66(17,18)91)57(82)70-51(39(9)10)64(89)71(19)46(30-36(3)4)56(81)67-43(15)55(80)68-44(16)59(84)72(20)47(31-37(5)6)61(86)73(21)48(32-38(7)8)62(87)76(24)52(40(11)12)65(90)77(53)25/h26,28,36-41,43-54,79,91H,27,29-35H2,1-25H3,(H,67,81)(H,68,80)(H,69,83)(H,70,82)/b28-26+/t41-,43+,44-,45+,46+,47+,48+,49+,50-,51+,52+,53+,54-/m1/s1. The molecular formula is C66H117N11O15. The van der Waals surface area contributed by atoms with Gasteiger partial charge in [-0.15, -0.1) is 0 Å². The Hall–Kier alpha value is -6.54. The number of carbonyl (C=O) groups is 12. The molecule has 0 aromatic carbocycles. The van der Waals surface area contributed by atoms with Gasteiger partial charge in [0, 0.05) is 55.8 Å². The van der Waals surface area contributed by atoms with Crippen molar-refractivity contribution in [2.75, 3.05) is 62.5 Å². The molecule has 1 saturated heterocycles. The number of ether oxygens (including phenoxy) is 1. The summed E-state index contributed by atoms with van der Waals surface area (Å²) in [6, 6.07) is -15.2. The highest BCUT2D eigenvalue weighted by Gasteiger charge is 2.47. The first kappa shape index (κ1) is 83.5. The van der Waals surface area contributed by atoms with E-state index >= 15 is 24.0 Å². The first-order chi connectivity index (χ1) is 42.3. The van der Waals surface area contributed by atoms with Crippen molar-refractivity contribution in [2.24, 2.45) is 35.5 Å². The van der Waals surface area contributed by atoms with Crippen molar-refractivity contribution in [3.63, 3.8) is 0 Å². The second kappa shape index (κ2) is 37.4. The highest BCUT2D eigenvalue weighted by atomic mass is 16.5. The summed E-state index contributed by atoms with van der Waals surface area (Å²) in [5.41, 5.74) is -1.65. The Morgan fingerprint density at radius 1 is 0.522 bits per heavy atom. The largest absolute Gasteiger partial charge is 0.390 e. The SMILES string of the molecule is C/C=C/C[C@@H](C)[C@@H](O)[C@H]1C(=O)N[C@@H](CC)C(=O)N(C)[C@H](COCC(C)=O)C(=O)N(C)[C@@H](CC(C)(C)O)C(=O)N[C@@H](C(C)C)C(=O)N(C)[C@@H](CC(C)C)C(=O)N[C@@H](C)C(=O)N[C@H](C)C(=O)N(C)[C@@H](CC(C)C)C(=O)N(C)[C@@H](CC(C)C)C(=O)N(C)[C@@H](C(C)C)C(=O)N1C. The number of aliphatic hydroxyl groups is 2. The van der Waals surface area contributed by atoms with Crippen LogP contribution in [0.25, 0.3) is 0 Å². The zero-order valence-corrected chi connectivity index (χ0v) is 60.0. The van der Waals surface area contributed by atoms with Crippen LogP contribution in [0.5, 0.6) is 0 Å². The molecule has 0 aromatic heterocycles. The number of hydrogen-bond acceptors (Lipinski definition) is 15. The molecule has 0 radical (unpaired) electrons. The van der Waals surface area contributed by atoms with Crippen LogP contribution in [0.2, 0.25) is 0 Å². The van der Waals surface area contributed by atoms with Gasteiger partial charge in [0.05, 0.1) is 18.3 Å². The molecule has 0 bridgehead atoms. The summed E-state index contributed by atoms with van der Waals surface area (Å²) in [6.45, 7) is 28.6. The molecule has 1 rings (SSSR count). The number of rotatable bonds is 19. The molecule has 0 aliphatic carbocycles. The van der Waals surface area contributed by atoms with E-state index in [2.05, 4.69) is 21.3 Å². The van der Waals surface area contributed by atoms with Crippen LogP contribution in [0.1, 0.15) is 163 Å². The third-order valence-corrected chi connectivity index (χ3v) is 17.0. The molecule has 0 unspecified atom stereocenters. The molecule has 0 aromatic rings. The van der Waals surface area contributed by atoms with Gasteiger partial charge in [0.15, 0.2) is 5.78 Å². The Kier molecular flexibility index (Phi) is 33.9. The third kappa shape index (κ3) is 23.8. The van der Waals surface area contributed by atoms with Crippen LogP contribution in [0.3, 0.4) is 0 Å². The summed E-state index contributed by atoms with van der Waals surface area (Å²) < 4.78 is 5.69. The molecular weight excluding hydrogens is 1190 g/mol. The van der Waals surface area contributed by atoms with E-state index in [-0.39, 0.29) is 49.9 Å². The highest BCUT2D eigenvalue weighted by Crippen LogP contribution is 2.26. The molecule has 0 spiro atoms. The van der Waals surface area contributed by atoms with Gasteiger partial charge < -0.3 is 70.5 Å². The van der Waals surface area contributed by atoms with Crippen LogP contribution in [0, 0.1) is 35.5 Å². The monoisotopic (exact) mass is 1300 g/mol. The smallest absolute Gasteiger partial charge is 0.248 e. The van der Waals surface area contributed by atoms with Crippen LogP contribution < -0.4 is 21.3 Å². The zero-order chi connectivity index (χ0) is 71.5. The number of nitrogens with zero attached hydrogens (tertiary/aromatic N) is 7. The lowest BCUT2D eigenvalue weighted by Crippen LogP contribution is -2.64. The van der Waals surface area contributed by atoms with Gasteiger partial charge in [-0.05, 0) is 109 Å². The lowest BCUT2D eigenvalue weighted by Gasteiger charge is -2.41. The first-order valence-electron chi connectivity index (χ1n) is 32.5. The Morgan fingerprint density at radius 2 is 0.946 bits per heavy atom. The summed E-state index contributed by atoms with van der Waals surface area (Å²) in [6.07, 6.45) is 2.00. The summed E-state index contributed by atoms with van der Waals surface area (Å²) >= 11 is 0. The Balaban J connectivity index is 4.56. The molecule has 1 heterocycles. The average Bonchev–Trinajstić information content (AvgIpc) is 0.830. The van der Waals surface area contributed by atoms with Crippen LogP contribution in [-0.2, 0) is 62.3 Å². The van der Waals surface area contributed by atoms with E-state index in [1.807, 2.05) is 41.5 Å². The Labute approximate surface area is 548 Å². The lowest BCUT2D eigenvalue weighted by atomic mass is 9.91. The number of amides is 11. The molecule has 6 N–H and O–H groups in total. The van der Waals surface area contributed by atoms with Crippen molar-refractivity contribution in [1.29, 1.82) is 0 Å². The second-order valence-electron chi connectivity index (χ2n) is 27.9. The lowest BCUT2D eigenvalue weighted by molar-refractivity contribution is -0.157. The first-order valence-corrected chi connectivity index (χ1v) is 32.5. The molecule has 92 heavy (non-hydrogen) atoms. The van der Waals surface area contributed by atoms with Crippen molar-refractivity contribution in [3.8, 4) is 0 Å². The number of ketones is 1. The number of aliphatic hydroxyl groups excluding tert-OH is 1.